The summed E-state index contributed by atoms with van der Waals surface area (Å²) in [6.45, 7) is 0.181. The highest BCUT2D eigenvalue weighted by atomic mass is 16.5. The van der Waals surface area contributed by atoms with Crippen molar-refractivity contribution < 1.29 is 24.2 Å². The molecule has 1 heterocycles. The molecule has 2 N–H and O–H groups in total. The molecule has 0 saturated carbocycles. The van der Waals surface area contributed by atoms with Gasteiger partial charge in [-0.25, -0.2) is 4.79 Å². The van der Waals surface area contributed by atoms with Crippen LogP contribution >= 0.6 is 0 Å². The number of fused-ring (bicyclic) bond motifs is 1. The van der Waals surface area contributed by atoms with E-state index in [1.807, 2.05) is 24.3 Å². The Bertz CT molecular complexity index is 774. The first-order chi connectivity index (χ1) is 12.1. The van der Waals surface area contributed by atoms with Crippen molar-refractivity contribution in [2.24, 2.45) is 0 Å². The number of carbonyl (C=O) groups is 2. The molecule has 0 aliphatic carbocycles. The third-order valence-electron chi connectivity index (χ3n) is 3.95. The van der Waals surface area contributed by atoms with Gasteiger partial charge in [-0.3, -0.25) is 4.79 Å². The lowest BCUT2D eigenvalue weighted by Crippen LogP contribution is -2.28. The maximum atomic E-state index is 12.6. The number of carbonyl (C=O) groups excluding carboxylic acids is 1. The number of rotatable bonds is 5. The summed E-state index contributed by atoms with van der Waals surface area (Å²) in [4.78, 5) is 23.2. The van der Waals surface area contributed by atoms with Crippen LogP contribution in [-0.2, 0) is 4.79 Å². The highest BCUT2D eigenvalue weighted by Gasteiger charge is 2.21. The van der Waals surface area contributed by atoms with Crippen molar-refractivity contribution in [3.63, 3.8) is 0 Å². The number of para-hydroxylation sites is 1. The van der Waals surface area contributed by atoms with Crippen LogP contribution in [0.1, 0.15) is 34.8 Å². The monoisotopic (exact) mass is 341 g/mol. The van der Waals surface area contributed by atoms with E-state index in [4.69, 9.17) is 14.6 Å². The van der Waals surface area contributed by atoms with E-state index in [-0.39, 0.29) is 11.9 Å². The number of benzene rings is 2. The van der Waals surface area contributed by atoms with Crippen LogP contribution in [-0.4, -0.2) is 30.2 Å². The molecule has 6 nitrogen and oxygen atoms in total. The highest BCUT2D eigenvalue weighted by molar-refractivity contribution is 5.94. The molecule has 2 aromatic carbocycles. The molecule has 2 aromatic rings. The molecule has 0 spiro atoms. The average molecular weight is 341 g/mol. The van der Waals surface area contributed by atoms with Crippen LogP contribution < -0.4 is 14.8 Å². The number of amides is 1. The van der Waals surface area contributed by atoms with Crippen molar-refractivity contribution in [2.45, 2.75) is 18.9 Å². The van der Waals surface area contributed by atoms with Crippen molar-refractivity contribution in [2.75, 3.05) is 13.2 Å². The zero-order chi connectivity index (χ0) is 17.6. The van der Waals surface area contributed by atoms with E-state index >= 15 is 0 Å². The van der Waals surface area contributed by atoms with Crippen molar-refractivity contribution >= 4 is 11.9 Å². The highest BCUT2D eigenvalue weighted by Crippen LogP contribution is 2.31. The molecule has 0 bridgehead atoms. The lowest BCUT2D eigenvalue weighted by molar-refractivity contribution is -0.139. The topological polar surface area (TPSA) is 84.9 Å². The zero-order valence-corrected chi connectivity index (χ0v) is 13.6. The fourth-order valence-electron chi connectivity index (χ4n) is 2.79. The molecule has 1 aliphatic rings. The standard InChI is InChI=1S/C19H19NO5/c21-18(22)12-25-14-6-3-5-13(11-14)19(23)20-16-8-4-10-24-17-9-2-1-7-15(16)17/h1-3,5-7,9,11,16H,4,8,10,12H2,(H,20,23)(H,21,22). The molecule has 1 unspecified atom stereocenters. The molecule has 3 rings (SSSR count). The van der Waals surface area contributed by atoms with E-state index < -0.39 is 12.6 Å². The smallest absolute Gasteiger partial charge is 0.341 e. The minimum absolute atomic E-state index is 0.130. The fraction of sp³-hybridized carbons (Fsp3) is 0.263. The third-order valence-corrected chi connectivity index (χ3v) is 3.95. The number of carboxylic acid groups (broad SMARTS) is 1. The summed E-state index contributed by atoms with van der Waals surface area (Å²) < 4.78 is 10.8. The molecule has 1 aliphatic heterocycles. The van der Waals surface area contributed by atoms with Crippen LogP contribution in [0, 0.1) is 0 Å². The summed E-state index contributed by atoms with van der Waals surface area (Å²) in [6, 6.07) is 14.1. The van der Waals surface area contributed by atoms with Crippen LogP contribution in [0.25, 0.3) is 0 Å². The van der Waals surface area contributed by atoms with Gasteiger partial charge in [-0.2, -0.15) is 0 Å². The summed E-state index contributed by atoms with van der Waals surface area (Å²) in [5.74, 6) is -0.157. The van der Waals surface area contributed by atoms with Crippen molar-refractivity contribution in [3.05, 3.63) is 59.7 Å². The van der Waals surface area contributed by atoms with Gasteiger partial charge in [-0.1, -0.05) is 24.3 Å². The van der Waals surface area contributed by atoms with Gasteiger partial charge in [-0.15, -0.1) is 0 Å². The van der Waals surface area contributed by atoms with Gasteiger partial charge in [0.1, 0.15) is 11.5 Å². The summed E-state index contributed by atoms with van der Waals surface area (Å²) in [5, 5.41) is 11.7. The van der Waals surface area contributed by atoms with Crippen molar-refractivity contribution in [1.29, 1.82) is 0 Å². The van der Waals surface area contributed by atoms with Crippen molar-refractivity contribution in [1.82, 2.24) is 5.32 Å². The van der Waals surface area contributed by atoms with E-state index in [0.717, 1.165) is 24.2 Å². The summed E-state index contributed by atoms with van der Waals surface area (Å²) in [7, 11) is 0. The van der Waals surface area contributed by atoms with Gasteiger partial charge in [-0.05, 0) is 37.1 Å². The predicted octanol–water partition coefficient (Wildman–Crippen LogP) is 2.79. The number of aliphatic carboxylic acids is 1. The van der Waals surface area contributed by atoms with E-state index in [1.54, 1.807) is 18.2 Å². The van der Waals surface area contributed by atoms with Gasteiger partial charge in [0, 0.05) is 11.1 Å². The minimum atomic E-state index is -1.06. The Labute approximate surface area is 145 Å². The van der Waals surface area contributed by atoms with E-state index in [2.05, 4.69) is 5.32 Å². The molecule has 0 saturated heterocycles. The number of hydrogen-bond donors (Lipinski definition) is 2. The largest absolute Gasteiger partial charge is 0.493 e. The molecule has 130 valence electrons. The number of carboxylic acids is 1. The maximum Gasteiger partial charge on any atom is 0.341 e. The Kier molecular flexibility index (Phi) is 5.18. The second kappa shape index (κ2) is 7.70. The quantitative estimate of drug-likeness (QED) is 0.873. The van der Waals surface area contributed by atoms with Gasteiger partial charge in [0.2, 0.25) is 0 Å². The van der Waals surface area contributed by atoms with Crippen LogP contribution in [0.2, 0.25) is 0 Å². The molecule has 6 heteroatoms. The van der Waals surface area contributed by atoms with Gasteiger partial charge in [0.15, 0.2) is 6.61 Å². The van der Waals surface area contributed by atoms with Gasteiger partial charge < -0.3 is 19.9 Å². The Hall–Kier alpha value is -3.02. The summed E-state index contributed by atoms with van der Waals surface area (Å²) >= 11 is 0. The summed E-state index contributed by atoms with van der Waals surface area (Å²) in [6.07, 6.45) is 1.64. The first-order valence-electron chi connectivity index (χ1n) is 8.11. The lowest BCUT2D eigenvalue weighted by atomic mass is 10.0. The molecule has 0 fully saturated rings. The summed E-state index contributed by atoms with van der Waals surface area (Å²) in [5.41, 5.74) is 1.39. The molecule has 0 radical (unpaired) electrons. The van der Waals surface area contributed by atoms with Crippen LogP contribution in [0.5, 0.6) is 11.5 Å². The Morgan fingerprint density at radius 2 is 2.04 bits per heavy atom. The fourth-order valence-corrected chi connectivity index (χ4v) is 2.79. The second-order valence-corrected chi connectivity index (χ2v) is 5.76. The lowest BCUT2D eigenvalue weighted by Gasteiger charge is -2.18. The second-order valence-electron chi connectivity index (χ2n) is 5.76. The zero-order valence-electron chi connectivity index (χ0n) is 13.6. The Morgan fingerprint density at radius 1 is 1.20 bits per heavy atom. The van der Waals surface area contributed by atoms with Crippen molar-refractivity contribution in [3.8, 4) is 11.5 Å². The Balaban J connectivity index is 1.74. The normalized spacial score (nSPS) is 16.1. The van der Waals surface area contributed by atoms with E-state index in [1.165, 1.54) is 6.07 Å². The molecular weight excluding hydrogens is 322 g/mol. The van der Waals surface area contributed by atoms with Crippen LogP contribution in [0.3, 0.4) is 0 Å². The van der Waals surface area contributed by atoms with Gasteiger partial charge in [0.25, 0.3) is 5.91 Å². The third kappa shape index (κ3) is 4.29. The van der Waals surface area contributed by atoms with Crippen LogP contribution in [0.15, 0.2) is 48.5 Å². The first kappa shape index (κ1) is 16.8. The van der Waals surface area contributed by atoms with Gasteiger partial charge in [0.05, 0.1) is 12.6 Å². The van der Waals surface area contributed by atoms with E-state index in [0.29, 0.717) is 17.9 Å². The van der Waals surface area contributed by atoms with Crippen LogP contribution in [0.4, 0.5) is 0 Å². The Morgan fingerprint density at radius 3 is 2.88 bits per heavy atom. The SMILES string of the molecule is O=C(O)COc1cccc(C(=O)NC2CCCOc3ccccc32)c1. The van der Waals surface area contributed by atoms with E-state index in [9.17, 15) is 9.59 Å². The molecular formula is C19H19NO5. The predicted molar refractivity (Wildman–Crippen MR) is 91.0 cm³/mol. The maximum absolute atomic E-state index is 12.6. The number of ether oxygens (including phenoxy) is 2. The van der Waals surface area contributed by atoms with Gasteiger partial charge >= 0.3 is 5.97 Å². The number of hydrogen-bond acceptors (Lipinski definition) is 4. The molecule has 0 aromatic heterocycles. The first-order valence-corrected chi connectivity index (χ1v) is 8.11. The minimum Gasteiger partial charge on any atom is -0.493 e. The molecule has 1 atom stereocenters. The molecule has 25 heavy (non-hydrogen) atoms. The number of nitrogens with one attached hydrogen (secondary N) is 1. The average Bonchev–Trinajstić information content (AvgIpc) is 2.83. The molecule has 1 amide bonds.